The Morgan fingerprint density at radius 2 is 2.24 bits per heavy atom. The molecule has 114 valence electrons. The fraction of sp³-hybridized carbons (Fsp3) is 0.562. The van der Waals surface area contributed by atoms with Gasteiger partial charge in [-0.3, -0.25) is 4.79 Å². The van der Waals surface area contributed by atoms with Crippen LogP contribution >= 0.6 is 0 Å². The SMILES string of the molecule is O=C(CC1CCOc2ccccc21)NCC1CNCC1O. The summed E-state index contributed by atoms with van der Waals surface area (Å²) < 4.78 is 5.62. The van der Waals surface area contributed by atoms with Crippen molar-refractivity contribution in [1.82, 2.24) is 10.6 Å². The Morgan fingerprint density at radius 3 is 3.05 bits per heavy atom. The average Bonchev–Trinajstić information content (AvgIpc) is 2.91. The van der Waals surface area contributed by atoms with Gasteiger partial charge in [0.15, 0.2) is 0 Å². The number of amides is 1. The van der Waals surface area contributed by atoms with E-state index in [0.29, 0.717) is 26.1 Å². The summed E-state index contributed by atoms with van der Waals surface area (Å²) in [5, 5.41) is 15.8. The normalized spacial score (nSPS) is 27.8. The van der Waals surface area contributed by atoms with Crippen LogP contribution in [0, 0.1) is 5.92 Å². The van der Waals surface area contributed by atoms with Crippen molar-refractivity contribution >= 4 is 5.91 Å². The number of fused-ring (bicyclic) bond motifs is 1. The molecule has 1 fully saturated rings. The number of para-hydroxylation sites is 1. The van der Waals surface area contributed by atoms with Crippen molar-refractivity contribution in [3.05, 3.63) is 29.8 Å². The van der Waals surface area contributed by atoms with E-state index in [4.69, 9.17) is 4.74 Å². The second-order valence-electron chi connectivity index (χ2n) is 5.87. The Kier molecular flexibility index (Phi) is 4.41. The number of nitrogens with one attached hydrogen (secondary N) is 2. The molecule has 0 bridgehead atoms. The zero-order chi connectivity index (χ0) is 14.7. The summed E-state index contributed by atoms with van der Waals surface area (Å²) in [7, 11) is 0. The molecule has 0 saturated carbocycles. The van der Waals surface area contributed by atoms with Gasteiger partial charge in [0.25, 0.3) is 0 Å². The van der Waals surface area contributed by atoms with Crippen molar-refractivity contribution in [2.75, 3.05) is 26.2 Å². The molecule has 3 unspecified atom stereocenters. The average molecular weight is 290 g/mol. The van der Waals surface area contributed by atoms with Crippen molar-refractivity contribution in [1.29, 1.82) is 0 Å². The molecule has 3 rings (SSSR count). The van der Waals surface area contributed by atoms with Gasteiger partial charge in [0.1, 0.15) is 5.75 Å². The standard InChI is InChI=1S/C16H22N2O3/c19-14-10-17-8-12(14)9-18-16(20)7-11-5-6-21-15-4-2-1-3-13(11)15/h1-4,11-12,14,17,19H,5-10H2,(H,18,20). The van der Waals surface area contributed by atoms with Crippen LogP contribution < -0.4 is 15.4 Å². The number of carbonyl (C=O) groups is 1. The number of aliphatic hydroxyl groups excluding tert-OH is 1. The Hall–Kier alpha value is -1.59. The van der Waals surface area contributed by atoms with E-state index in [1.54, 1.807) is 0 Å². The monoisotopic (exact) mass is 290 g/mol. The lowest BCUT2D eigenvalue weighted by Crippen LogP contribution is -2.35. The van der Waals surface area contributed by atoms with Crippen LogP contribution in [-0.2, 0) is 4.79 Å². The first-order valence-corrected chi connectivity index (χ1v) is 7.61. The third-order valence-electron chi connectivity index (χ3n) is 4.38. The molecular formula is C16H22N2O3. The summed E-state index contributed by atoms with van der Waals surface area (Å²) in [4.78, 5) is 12.1. The van der Waals surface area contributed by atoms with Crippen LogP contribution in [0.1, 0.15) is 24.3 Å². The molecule has 1 aromatic carbocycles. The molecule has 5 heteroatoms. The first-order valence-electron chi connectivity index (χ1n) is 7.61. The van der Waals surface area contributed by atoms with E-state index in [1.165, 1.54) is 0 Å². The maximum Gasteiger partial charge on any atom is 0.220 e. The zero-order valence-corrected chi connectivity index (χ0v) is 12.0. The van der Waals surface area contributed by atoms with E-state index in [9.17, 15) is 9.90 Å². The summed E-state index contributed by atoms with van der Waals surface area (Å²) in [5.74, 6) is 1.30. The molecule has 0 spiro atoms. The third kappa shape index (κ3) is 3.36. The molecule has 2 aliphatic rings. The van der Waals surface area contributed by atoms with E-state index in [1.807, 2.05) is 24.3 Å². The maximum absolute atomic E-state index is 12.1. The fourth-order valence-electron chi connectivity index (χ4n) is 3.10. The van der Waals surface area contributed by atoms with Crippen molar-refractivity contribution in [3.63, 3.8) is 0 Å². The molecule has 1 aromatic rings. The number of aliphatic hydroxyl groups is 1. The van der Waals surface area contributed by atoms with Gasteiger partial charge in [-0.1, -0.05) is 18.2 Å². The van der Waals surface area contributed by atoms with Gasteiger partial charge in [-0.25, -0.2) is 0 Å². The highest BCUT2D eigenvalue weighted by atomic mass is 16.5. The number of hydrogen-bond acceptors (Lipinski definition) is 4. The van der Waals surface area contributed by atoms with Crippen molar-refractivity contribution in [2.45, 2.75) is 24.9 Å². The van der Waals surface area contributed by atoms with Gasteiger partial charge in [0.2, 0.25) is 5.91 Å². The highest BCUT2D eigenvalue weighted by molar-refractivity contribution is 5.77. The Balaban J connectivity index is 1.53. The quantitative estimate of drug-likeness (QED) is 0.761. The van der Waals surface area contributed by atoms with Crippen LogP contribution in [0.2, 0.25) is 0 Å². The highest BCUT2D eigenvalue weighted by Gasteiger charge is 2.27. The van der Waals surface area contributed by atoms with E-state index in [0.717, 1.165) is 24.3 Å². The summed E-state index contributed by atoms with van der Waals surface area (Å²) in [6.07, 6.45) is 1.00. The number of ether oxygens (including phenoxy) is 1. The lowest BCUT2D eigenvalue weighted by molar-refractivity contribution is -0.121. The van der Waals surface area contributed by atoms with Crippen molar-refractivity contribution in [3.8, 4) is 5.75 Å². The van der Waals surface area contributed by atoms with Crippen LogP contribution in [0.4, 0.5) is 0 Å². The number of rotatable bonds is 4. The van der Waals surface area contributed by atoms with E-state index >= 15 is 0 Å². The molecule has 1 amide bonds. The first-order chi connectivity index (χ1) is 10.2. The summed E-state index contributed by atoms with van der Waals surface area (Å²) in [5.41, 5.74) is 1.13. The molecule has 0 radical (unpaired) electrons. The topological polar surface area (TPSA) is 70.6 Å². The van der Waals surface area contributed by atoms with Crippen molar-refractivity contribution < 1.29 is 14.6 Å². The molecule has 2 heterocycles. The van der Waals surface area contributed by atoms with Crippen LogP contribution in [0.15, 0.2) is 24.3 Å². The smallest absolute Gasteiger partial charge is 0.220 e. The number of benzene rings is 1. The predicted molar refractivity (Wildman–Crippen MR) is 79.3 cm³/mol. The summed E-state index contributed by atoms with van der Waals surface area (Å²) in [6.45, 7) is 2.59. The van der Waals surface area contributed by atoms with E-state index < -0.39 is 0 Å². The van der Waals surface area contributed by atoms with Gasteiger partial charge in [-0.15, -0.1) is 0 Å². The van der Waals surface area contributed by atoms with Crippen LogP contribution in [0.5, 0.6) is 5.75 Å². The number of hydrogen-bond donors (Lipinski definition) is 3. The maximum atomic E-state index is 12.1. The second-order valence-corrected chi connectivity index (χ2v) is 5.87. The van der Waals surface area contributed by atoms with Crippen molar-refractivity contribution in [2.24, 2.45) is 5.92 Å². The molecule has 3 N–H and O–H groups in total. The van der Waals surface area contributed by atoms with Crippen LogP contribution in [0.3, 0.4) is 0 Å². The molecule has 5 nitrogen and oxygen atoms in total. The Bertz CT molecular complexity index is 506. The molecule has 3 atom stereocenters. The zero-order valence-electron chi connectivity index (χ0n) is 12.0. The number of carbonyl (C=O) groups excluding carboxylic acids is 1. The Morgan fingerprint density at radius 1 is 1.38 bits per heavy atom. The van der Waals surface area contributed by atoms with Gasteiger partial charge in [-0.2, -0.15) is 0 Å². The number of β-amino-alcohol motifs (C(OH)–C–C–N with tert-alkyl or cyclic N) is 1. The minimum Gasteiger partial charge on any atom is -0.493 e. The second kappa shape index (κ2) is 6.45. The predicted octanol–water partition coefficient (Wildman–Crippen LogP) is 0.639. The molecule has 1 saturated heterocycles. The van der Waals surface area contributed by atoms with E-state index in [2.05, 4.69) is 10.6 Å². The highest BCUT2D eigenvalue weighted by Crippen LogP contribution is 2.35. The fourth-order valence-corrected chi connectivity index (χ4v) is 3.10. The van der Waals surface area contributed by atoms with Crippen LogP contribution in [0.25, 0.3) is 0 Å². The van der Waals surface area contributed by atoms with E-state index in [-0.39, 0.29) is 23.8 Å². The minimum absolute atomic E-state index is 0.0517. The molecule has 2 aliphatic heterocycles. The van der Waals surface area contributed by atoms with Gasteiger partial charge < -0.3 is 20.5 Å². The van der Waals surface area contributed by atoms with Crippen LogP contribution in [-0.4, -0.2) is 43.4 Å². The minimum atomic E-state index is -0.353. The molecular weight excluding hydrogens is 268 g/mol. The lowest BCUT2D eigenvalue weighted by atomic mass is 9.90. The van der Waals surface area contributed by atoms with Gasteiger partial charge in [0.05, 0.1) is 12.7 Å². The summed E-state index contributed by atoms with van der Waals surface area (Å²) in [6, 6.07) is 7.94. The summed E-state index contributed by atoms with van der Waals surface area (Å²) >= 11 is 0. The Labute approximate surface area is 124 Å². The van der Waals surface area contributed by atoms with Gasteiger partial charge in [-0.05, 0) is 24.0 Å². The van der Waals surface area contributed by atoms with Gasteiger partial charge >= 0.3 is 0 Å². The largest absolute Gasteiger partial charge is 0.493 e. The third-order valence-corrected chi connectivity index (χ3v) is 4.38. The molecule has 0 aromatic heterocycles. The molecule has 0 aliphatic carbocycles. The van der Waals surface area contributed by atoms with Gasteiger partial charge in [0, 0.05) is 32.0 Å². The molecule has 21 heavy (non-hydrogen) atoms. The first kappa shape index (κ1) is 14.4. The lowest BCUT2D eigenvalue weighted by Gasteiger charge is -2.25.